The minimum absolute atomic E-state index is 0.0371. The third kappa shape index (κ3) is 3.08. The zero-order chi connectivity index (χ0) is 10.7. The number of non-ortho nitro benzene ring substituents is 1. The summed E-state index contributed by atoms with van der Waals surface area (Å²) < 4.78 is 0.655. The molecule has 0 fully saturated rings. The van der Waals surface area contributed by atoms with Crippen molar-refractivity contribution in [2.24, 2.45) is 0 Å². The van der Waals surface area contributed by atoms with Crippen LogP contribution in [-0.2, 0) is 6.42 Å². The molecule has 0 aliphatic heterocycles. The van der Waals surface area contributed by atoms with Crippen molar-refractivity contribution >= 4 is 21.6 Å². The number of nitro benzene ring substituents is 1. The van der Waals surface area contributed by atoms with Gasteiger partial charge in [-0.05, 0) is 25.0 Å². The van der Waals surface area contributed by atoms with Gasteiger partial charge in [-0.3, -0.25) is 10.1 Å². The minimum Gasteiger partial charge on any atom is -0.393 e. The Morgan fingerprint density at radius 3 is 2.71 bits per heavy atom. The van der Waals surface area contributed by atoms with E-state index < -0.39 is 11.0 Å². The number of nitro groups is 1. The summed E-state index contributed by atoms with van der Waals surface area (Å²) in [6, 6.07) is 4.67. The Morgan fingerprint density at radius 2 is 2.21 bits per heavy atom. The van der Waals surface area contributed by atoms with Crippen LogP contribution in [0.4, 0.5) is 5.69 Å². The van der Waals surface area contributed by atoms with E-state index in [-0.39, 0.29) is 5.69 Å². The Bertz CT molecular complexity index is 352. The minimum atomic E-state index is -0.496. The number of benzene rings is 1. The first-order chi connectivity index (χ1) is 6.49. The second kappa shape index (κ2) is 4.52. The number of hydrogen-bond donors (Lipinski definition) is 1. The van der Waals surface area contributed by atoms with Crippen LogP contribution >= 0.6 is 15.9 Å². The summed E-state index contributed by atoms with van der Waals surface area (Å²) in [4.78, 5) is 10.1. The van der Waals surface area contributed by atoms with Gasteiger partial charge >= 0.3 is 0 Å². The summed E-state index contributed by atoms with van der Waals surface area (Å²) in [6.45, 7) is 1.65. The van der Waals surface area contributed by atoms with E-state index in [4.69, 9.17) is 5.11 Å². The quantitative estimate of drug-likeness (QED) is 0.669. The first-order valence-corrected chi connectivity index (χ1v) is 4.90. The molecule has 0 aliphatic carbocycles. The summed E-state index contributed by atoms with van der Waals surface area (Å²) in [5.41, 5.74) is 0.788. The lowest BCUT2D eigenvalue weighted by molar-refractivity contribution is -0.385. The molecule has 0 radical (unpaired) electrons. The molecule has 0 aliphatic rings. The van der Waals surface area contributed by atoms with Crippen LogP contribution in [-0.4, -0.2) is 16.1 Å². The molecule has 4 nitrogen and oxygen atoms in total. The SMILES string of the molecule is CC(O)Cc1cc(Br)cc([N+](=O)[O-])c1. The highest BCUT2D eigenvalue weighted by Crippen LogP contribution is 2.22. The second-order valence-electron chi connectivity index (χ2n) is 3.13. The number of hydrogen-bond acceptors (Lipinski definition) is 3. The standard InChI is InChI=1S/C9H10BrNO3/c1-6(12)2-7-3-8(10)5-9(4-7)11(13)14/h3-6,12H,2H2,1H3. The molecule has 0 spiro atoms. The molecule has 0 amide bonds. The van der Waals surface area contributed by atoms with Gasteiger partial charge in [0.2, 0.25) is 0 Å². The van der Waals surface area contributed by atoms with Gasteiger partial charge in [-0.25, -0.2) is 0 Å². The van der Waals surface area contributed by atoms with E-state index in [1.54, 1.807) is 13.0 Å². The normalized spacial score (nSPS) is 12.5. The van der Waals surface area contributed by atoms with E-state index >= 15 is 0 Å². The highest BCUT2D eigenvalue weighted by Gasteiger charge is 2.09. The molecule has 5 heteroatoms. The van der Waals surface area contributed by atoms with E-state index in [9.17, 15) is 10.1 Å². The fraction of sp³-hybridized carbons (Fsp3) is 0.333. The van der Waals surface area contributed by atoms with E-state index in [0.717, 1.165) is 5.56 Å². The molecule has 1 N–H and O–H groups in total. The van der Waals surface area contributed by atoms with Crippen LogP contribution in [0.15, 0.2) is 22.7 Å². The molecule has 0 saturated carbocycles. The molecule has 1 rings (SSSR count). The van der Waals surface area contributed by atoms with Crippen molar-refractivity contribution < 1.29 is 10.0 Å². The van der Waals surface area contributed by atoms with Gasteiger partial charge in [-0.15, -0.1) is 0 Å². The van der Waals surface area contributed by atoms with Crippen molar-refractivity contribution in [2.45, 2.75) is 19.4 Å². The molecule has 0 aromatic heterocycles. The van der Waals surface area contributed by atoms with Gasteiger partial charge in [-0.1, -0.05) is 15.9 Å². The Kier molecular flexibility index (Phi) is 3.60. The Morgan fingerprint density at radius 1 is 1.57 bits per heavy atom. The fourth-order valence-corrected chi connectivity index (χ4v) is 1.73. The van der Waals surface area contributed by atoms with Gasteiger partial charge in [0.25, 0.3) is 5.69 Å². The van der Waals surface area contributed by atoms with Crippen molar-refractivity contribution in [3.05, 3.63) is 38.3 Å². The van der Waals surface area contributed by atoms with E-state index in [1.807, 2.05) is 0 Å². The molecular formula is C9H10BrNO3. The molecule has 1 atom stereocenters. The number of aliphatic hydroxyl groups is 1. The molecule has 1 aromatic rings. The summed E-state index contributed by atoms with van der Waals surface area (Å²) in [6.07, 6.45) is -0.0794. The average molecular weight is 260 g/mol. The van der Waals surface area contributed by atoms with Gasteiger partial charge in [0, 0.05) is 16.6 Å². The molecule has 0 heterocycles. The molecule has 1 aromatic carbocycles. The number of nitrogens with zero attached hydrogens (tertiary/aromatic N) is 1. The summed E-state index contributed by atoms with van der Waals surface area (Å²) in [7, 11) is 0. The monoisotopic (exact) mass is 259 g/mol. The van der Waals surface area contributed by atoms with Crippen LogP contribution in [0.25, 0.3) is 0 Å². The molecule has 1 unspecified atom stereocenters. The van der Waals surface area contributed by atoms with Gasteiger partial charge in [0.15, 0.2) is 0 Å². The molecule has 14 heavy (non-hydrogen) atoms. The van der Waals surface area contributed by atoms with Crippen molar-refractivity contribution in [1.82, 2.24) is 0 Å². The van der Waals surface area contributed by atoms with Crippen LogP contribution in [0, 0.1) is 10.1 Å². The largest absolute Gasteiger partial charge is 0.393 e. The van der Waals surface area contributed by atoms with Crippen LogP contribution in [0.2, 0.25) is 0 Å². The molecule has 76 valence electrons. The molecular weight excluding hydrogens is 250 g/mol. The van der Waals surface area contributed by atoms with Crippen molar-refractivity contribution in [3.63, 3.8) is 0 Å². The van der Waals surface area contributed by atoms with Crippen molar-refractivity contribution in [3.8, 4) is 0 Å². The highest BCUT2D eigenvalue weighted by atomic mass is 79.9. The summed E-state index contributed by atoms with van der Waals surface area (Å²) in [5.74, 6) is 0. The lowest BCUT2D eigenvalue weighted by atomic mass is 10.1. The lowest BCUT2D eigenvalue weighted by Crippen LogP contribution is -2.04. The van der Waals surface area contributed by atoms with Crippen molar-refractivity contribution in [2.75, 3.05) is 0 Å². The topological polar surface area (TPSA) is 63.4 Å². The number of halogens is 1. The smallest absolute Gasteiger partial charge is 0.270 e. The predicted octanol–water partition coefficient (Wildman–Crippen LogP) is 2.28. The van der Waals surface area contributed by atoms with Crippen LogP contribution < -0.4 is 0 Å². The van der Waals surface area contributed by atoms with Gasteiger partial charge in [0.1, 0.15) is 0 Å². The maximum Gasteiger partial charge on any atom is 0.270 e. The lowest BCUT2D eigenvalue weighted by Gasteiger charge is -2.04. The zero-order valence-electron chi connectivity index (χ0n) is 7.61. The fourth-order valence-electron chi connectivity index (χ4n) is 1.20. The maximum atomic E-state index is 10.5. The summed E-state index contributed by atoms with van der Waals surface area (Å²) in [5, 5.41) is 19.7. The van der Waals surface area contributed by atoms with Crippen LogP contribution in [0.1, 0.15) is 12.5 Å². The molecule has 0 saturated heterocycles. The number of rotatable bonds is 3. The predicted molar refractivity (Wildman–Crippen MR) is 56.2 cm³/mol. The maximum absolute atomic E-state index is 10.5. The Labute approximate surface area is 89.8 Å². The third-order valence-corrected chi connectivity index (χ3v) is 2.14. The van der Waals surface area contributed by atoms with Crippen LogP contribution in [0.3, 0.4) is 0 Å². The number of aliphatic hydroxyl groups excluding tert-OH is 1. The first kappa shape index (κ1) is 11.1. The average Bonchev–Trinajstić information content (AvgIpc) is 2.01. The third-order valence-electron chi connectivity index (χ3n) is 1.68. The van der Waals surface area contributed by atoms with Gasteiger partial charge in [-0.2, -0.15) is 0 Å². The van der Waals surface area contributed by atoms with E-state index in [1.165, 1.54) is 12.1 Å². The van der Waals surface area contributed by atoms with Gasteiger partial charge in [0.05, 0.1) is 11.0 Å². The van der Waals surface area contributed by atoms with E-state index in [2.05, 4.69) is 15.9 Å². The van der Waals surface area contributed by atoms with Gasteiger partial charge < -0.3 is 5.11 Å². The highest BCUT2D eigenvalue weighted by molar-refractivity contribution is 9.10. The first-order valence-electron chi connectivity index (χ1n) is 4.11. The Hall–Kier alpha value is -0.940. The Balaban J connectivity index is 3.01. The second-order valence-corrected chi connectivity index (χ2v) is 4.04. The molecule has 0 bridgehead atoms. The zero-order valence-corrected chi connectivity index (χ0v) is 9.19. The van der Waals surface area contributed by atoms with Crippen LogP contribution in [0.5, 0.6) is 0 Å². The van der Waals surface area contributed by atoms with E-state index in [0.29, 0.717) is 10.9 Å². The summed E-state index contributed by atoms with van der Waals surface area (Å²) >= 11 is 3.19. The van der Waals surface area contributed by atoms with Crippen molar-refractivity contribution in [1.29, 1.82) is 0 Å².